The molecule has 1 aromatic rings. The van der Waals surface area contributed by atoms with Crippen molar-refractivity contribution in [3.05, 3.63) is 12.4 Å². The molecular weight excluding hydrogens is 218 g/mol. The number of H-pyrrole nitrogens is 1. The van der Waals surface area contributed by atoms with Crippen molar-refractivity contribution in [3.8, 4) is 0 Å². The summed E-state index contributed by atoms with van der Waals surface area (Å²) in [6.07, 6.45) is 2.58. The molecule has 0 aromatic carbocycles. The van der Waals surface area contributed by atoms with E-state index in [2.05, 4.69) is 14.9 Å². The van der Waals surface area contributed by atoms with Crippen molar-refractivity contribution in [2.75, 3.05) is 13.7 Å². The number of nitrogens with one attached hydrogen (secondary N) is 2. The Labute approximate surface area is 89.1 Å². The molecule has 0 radical (unpaired) electrons. The Balaban J connectivity index is 2.82. The second kappa shape index (κ2) is 4.30. The molecule has 0 atom stereocenters. The average molecular weight is 233 g/mol. The lowest BCUT2D eigenvalue weighted by atomic mass is 10.1. The van der Waals surface area contributed by atoms with Crippen LogP contribution in [0, 0.1) is 0 Å². The molecule has 0 aliphatic heterocycles. The molecule has 0 amide bonds. The number of methoxy groups -OCH3 is 1. The smallest absolute Gasteiger partial charge is 0.244 e. The van der Waals surface area contributed by atoms with Crippen LogP contribution in [0.15, 0.2) is 17.3 Å². The van der Waals surface area contributed by atoms with Crippen LogP contribution >= 0.6 is 0 Å². The summed E-state index contributed by atoms with van der Waals surface area (Å²) >= 11 is 0. The minimum atomic E-state index is -3.52. The Morgan fingerprint density at radius 2 is 2.27 bits per heavy atom. The molecular formula is C8H15N3O3S. The van der Waals surface area contributed by atoms with E-state index in [9.17, 15) is 8.42 Å². The number of aromatic nitrogens is 2. The highest BCUT2D eigenvalue weighted by atomic mass is 32.2. The fourth-order valence-corrected chi connectivity index (χ4v) is 2.50. The topological polar surface area (TPSA) is 84.1 Å². The summed E-state index contributed by atoms with van der Waals surface area (Å²) in [5.74, 6) is 0. The Kier molecular flexibility index (Phi) is 3.48. The van der Waals surface area contributed by atoms with Crippen molar-refractivity contribution in [2.45, 2.75) is 24.3 Å². The SMILES string of the molecule is COCC(C)(C)NS(=O)(=O)c1cn[nH]c1. The summed E-state index contributed by atoms with van der Waals surface area (Å²) < 4.78 is 31.0. The molecule has 0 bridgehead atoms. The van der Waals surface area contributed by atoms with Gasteiger partial charge in [-0.15, -0.1) is 0 Å². The first-order valence-corrected chi connectivity index (χ1v) is 5.87. The predicted molar refractivity (Wildman–Crippen MR) is 54.9 cm³/mol. The van der Waals surface area contributed by atoms with E-state index >= 15 is 0 Å². The molecule has 0 fully saturated rings. The van der Waals surface area contributed by atoms with Gasteiger partial charge in [0.1, 0.15) is 4.90 Å². The molecule has 86 valence electrons. The molecule has 2 N–H and O–H groups in total. The van der Waals surface area contributed by atoms with E-state index in [1.54, 1.807) is 13.8 Å². The van der Waals surface area contributed by atoms with Gasteiger partial charge in [0, 0.05) is 13.3 Å². The fraction of sp³-hybridized carbons (Fsp3) is 0.625. The molecule has 1 heterocycles. The number of rotatable bonds is 5. The molecule has 6 nitrogen and oxygen atoms in total. The molecule has 7 heteroatoms. The summed E-state index contributed by atoms with van der Waals surface area (Å²) in [7, 11) is -2.00. The fourth-order valence-electron chi connectivity index (χ4n) is 1.20. The van der Waals surface area contributed by atoms with Crippen LogP contribution in [0.5, 0.6) is 0 Å². The second-order valence-electron chi connectivity index (χ2n) is 3.86. The first kappa shape index (κ1) is 12.2. The third-order valence-corrected chi connectivity index (χ3v) is 3.36. The first-order valence-electron chi connectivity index (χ1n) is 4.39. The normalized spacial score (nSPS) is 13.0. The van der Waals surface area contributed by atoms with Crippen LogP contribution < -0.4 is 4.72 Å². The second-order valence-corrected chi connectivity index (χ2v) is 5.54. The molecule has 1 rings (SSSR count). The molecule has 0 aliphatic rings. The third-order valence-electron chi connectivity index (χ3n) is 1.70. The third kappa shape index (κ3) is 3.29. The molecule has 0 spiro atoms. The van der Waals surface area contributed by atoms with E-state index in [0.717, 1.165) is 0 Å². The predicted octanol–water partition coefficient (Wildman–Crippen LogP) is 0.113. The monoisotopic (exact) mass is 233 g/mol. The van der Waals surface area contributed by atoms with Gasteiger partial charge in [0.15, 0.2) is 0 Å². The van der Waals surface area contributed by atoms with Gasteiger partial charge >= 0.3 is 0 Å². The highest BCUT2D eigenvalue weighted by molar-refractivity contribution is 7.89. The van der Waals surface area contributed by atoms with Crippen LogP contribution in [0.2, 0.25) is 0 Å². The summed E-state index contributed by atoms with van der Waals surface area (Å²) in [6, 6.07) is 0. The first-order chi connectivity index (χ1) is 6.87. The van der Waals surface area contributed by atoms with Gasteiger partial charge < -0.3 is 4.74 Å². The average Bonchev–Trinajstić information content (AvgIpc) is 2.52. The van der Waals surface area contributed by atoms with E-state index < -0.39 is 15.6 Å². The number of sulfonamides is 1. The van der Waals surface area contributed by atoms with Gasteiger partial charge in [-0.3, -0.25) is 5.10 Å². The van der Waals surface area contributed by atoms with Crippen molar-refractivity contribution >= 4 is 10.0 Å². The Bertz CT molecular complexity index is 397. The maximum absolute atomic E-state index is 11.8. The van der Waals surface area contributed by atoms with Crippen molar-refractivity contribution in [3.63, 3.8) is 0 Å². The number of hydrogen-bond donors (Lipinski definition) is 2. The standard InChI is InChI=1S/C8H15N3O3S/c1-8(2,6-14-3)11-15(12,13)7-4-9-10-5-7/h4-5,11H,6H2,1-3H3,(H,9,10). The van der Waals surface area contributed by atoms with Crippen molar-refractivity contribution in [1.29, 1.82) is 0 Å². The molecule has 0 saturated carbocycles. The zero-order chi connectivity index (χ0) is 11.5. The van der Waals surface area contributed by atoms with E-state index in [1.165, 1.54) is 19.5 Å². The number of nitrogens with zero attached hydrogens (tertiary/aromatic N) is 1. The largest absolute Gasteiger partial charge is 0.383 e. The molecule has 0 unspecified atom stereocenters. The summed E-state index contributed by atoms with van der Waals surface area (Å²) in [5, 5.41) is 6.04. The zero-order valence-electron chi connectivity index (χ0n) is 8.94. The van der Waals surface area contributed by atoms with Gasteiger partial charge in [-0.1, -0.05) is 0 Å². The van der Waals surface area contributed by atoms with E-state index in [1.807, 2.05) is 0 Å². The molecule has 0 aliphatic carbocycles. The van der Waals surface area contributed by atoms with Crippen LogP contribution in [0.4, 0.5) is 0 Å². The van der Waals surface area contributed by atoms with Crippen LogP contribution in [0.1, 0.15) is 13.8 Å². The Morgan fingerprint density at radius 1 is 1.60 bits per heavy atom. The minimum absolute atomic E-state index is 0.117. The lowest BCUT2D eigenvalue weighted by Gasteiger charge is -2.24. The minimum Gasteiger partial charge on any atom is -0.383 e. The summed E-state index contributed by atoms with van der Waals surface area (Å²) in [5.41, 5.74) is -0.648. The van der Waals surface area contributed by atoms with E-state index in [-0.39, 0.29) is 4.90 Å². The van der Waals surface area contributed by atoms with Crippen molar-refractivity contribution in [1.82, 2.24) is 14.9 Å². The van der Waals surface area contributed by atoms with E-state index in [4.69, 9.17) is 4.74 Å². The number of ether oxygens (including phenoxy) is 1. The van der Waals surface area contributed by atoms with Crippen molar-refractivity contribution in [2.24, 2.45) is 0 Å². The van der Waals surface area contributed by atoms with Crippen molar-refractivity contribution < 1.29 is 13.2 Å². The quantitative estimate of drug-likeness (QED) is 0.756. The highest BCUT2D eigenvalue weighted by Crippen LogP contribution is 2.11. The highest BCUT2D eigenvalue weighted by Gasteiger charge is 2.26. The lowest BCUT2D eigenvalue weighted by Crippen LogP contribution is -2.46. The molecule has 0 saturated heterocycles. The maximum atomic E-state index is 11.8. The molecule has 1 aromatic heterocycles. The summed E-state index contributed by atoms with van der Waals surface area (Å²) in [4.78, 5) is 0.117. The Hall–Kier alpha value is -0.920. The van der Waals surface area contributed by atoms with Crippen LogP contribution in [-0.2, 0) is 14.8 Å². The van der Waals surface area contributed by atoms with Crippen LogP contribution in [0.3, 0.4) is 0 Å². The Morgan fingerprint density at radius 3 is 2.73 bits per heavy atom. The summed E-state index contributed by atoms with van der Waals surface area (Å²) in [6.45, 7) is 3.78. The maximum Gasteiger partial charge on any atom is 0.244 e. The van der Waals surface area contributed by atoms with Gasteiger partial charge in [-0.2, -0.15) is 5.10 Å². The number of aromatic amines is 1. The van der Waals surface area contributed by atoms with Gasteiger partial charge in [-0.25, -0.2) is 13.1 Å². The van der Waals surface area contributed by atoms with Crippen LogP contribution in [-0.4, -0.2) is 37.9 Å². The molecule has 15 heavy (non-hydrogen) atoms. The van der Waals surface area contributed by atoms with Gasteiger partial charge in [-0.05, 0) is 13.8 Å². The zero-order valence-corrected chi connectivity index (χ0v) is 9.76. The van der Waals surface area contributed by atoms with Crippen LogP contribution in [0.25, 0.3) is 0 Å². The lowest BCUT2D eigenvalue weighted by molar-refractivity contribution is 0.141. The van der Waals surface area contributed by atoms with Gasteiger partial charge in [0.2, 0.25) is 10.0 Å². The van der Waals surface area contributed by atoms with E-state index in [0.29, 0.717) is 6.61 Å². The van der Waals surface area contributed by atoms with Gasteiger partial charge in [0.25, 0.3) is 0 Å². The van der Waals surface area contributed by atoms with Gasteiger partial charge in [0.05, 0.1) is 18.3 Å². The number of hydrogen-bond acceptors (Lipinski definition) is 4.